The van der Waals surface area contributed by atoms with Gasteiger partial charge in [-0.1, -0.05) is 18.2 Å². The first-order valence-electron chi connectivity index (χ1n) is 7.93. The van der Waals surface area contributed by atoms with Crippen LogP contribution in [0.25, 0.3) is 0 Å². The van der Waals surface area contributed by atoms with Crippen LogP contribution in [0.5, 0.6) is 0 Å². The van der Waals surface area contributed by atoms with Crippen LogP contribution >= 0.6 is 0 Å². The highest BCUT2D eigenvalue weighted by atomic mass is 32.2. The third kappa shape index (κ3) is 3.73. The lowest BCUT2D eigenvalue weighted by molar-refractivity contribution is 0.101. The van der Waals surface area contributed by atoms with Crippen LogP contribution < -0.4 is 9.03 Å². The van der Waals surface area contributed by atoms with Gasteiger partial charge >= 0.3 is 0 Å². The monoisotopic (exact) mass is 394 g/mol. The summed E-state index contributed by atoms with van der Waals surface area (Å²) in [5.41, 5.74) is 1.11. The number of Topliss-reactive ketones (excluding diaryl/α,β-unsaturated/α-hetero) is 1. The Bertz CT molecular complexity index is 1040. The number of carbonyl (C=O) groups excluding carboxylic acids is 1. The summed E-state index contributed by atoms with van der Waals surface area (Å²) in [4.78, 5) is 11.3. The fraction of sp³-hybridized carbons (Fsp3) is 0.235. The van der Waals surface area contributed by atoms with E-state index < -0.39 is 20.0 Å². The Kier molecular flexibility index (Phi) is 4.76. The second-order valence-corrected chi connectivity index (χ2v) is 9.67. The molecule has 1 heterocycles. The highest BCUT2D eigenvalue weighted by Gasteiger charge is 2.28. The van der Waals surface area contributed by atoms with Crippen molar-refractivity contribution in [1.29, 1.82) is 0 Å². The summed E-state index contributed by atoms with van der Waals surface area (Å²) in [7, 11) is -7.20. The zero-order chi connectivity index (χ0) is 18.9. The molecule has 2 aromatic rings. The van der Waals surface area contributed by atoms with E-state index in [0.29, 0.717) is 24.2 Å². The van der Waals surface area contributed by atoms with E-state index in [4.69, 9.17) is 0 Å². The molecule has 1 fully saturated rings. The molecule has 7 nitrogen and oxygen atoms in total. The minimum atomic E-state index is -3.85. The van der Waals surface area contributed by atoms with Gasteiger partial charge in [0.1, 0.15) is 0 Å². The van der Waals surface area contributed by atoms with Gasteiger partial charge in [-0.3, -0.25) is 13.8 Å². The molecule has 0 amide bonds. The second kappa shape index (κ2) is 6.73. The second-order valence-electron chi connectivity index (χ2n) is 5.98. The fourth-order valence-corrected chi connectivity index (χ4v) is 5.34. The number of benzene rings is 2. The normalized spacial score (nSPS) is 16.4. The third-order valence-electron chi connectivity index (χ3n) is 4.06. The Labute approximate surface area is 152 Å². The van der Waals surface area contributed by atoms with Crippen LogP contribution in [0.15, 0.2) is 53.4 Å². The number of nitrogens with one attached hydrogen (secondary N) is 1. The molecule has 3 rings (SSSR count). The van der Waals surface area contributed by atoms with E-state index in [1.165, 1.54) is 41.6 Å². The molecule has 0 aromatic heterocycles. The van der Waals surface area contributed by atoms with Gasteiger partial charge < -0.3 is 0 Å². The standard InChI is InChI=1S/C17H18N2O5S2/c1-13(20)14-6-8-17(9-7-14)26(23,24)18-15-4-2-5-16(12-15)19-10-3-11-25(19,21)22/h2,4-9,12,18H,3,10-11H2,1H3. The highest BCUT2D eigenvalue weighted by Crippen LogP contribution is 2.27. The van der Waals surface area contributed by atoms with Gasteiger partial charge in [0.25, 0.3) is 10.0 Å². The van der Waals surface area contributed by atoms with Gasteiger partial charge in [0.2, 0.25) is 10.0 Å². The predicted octanol–water partition coefficient (Wildman–Crippen LogP) is 2.23. The molecule has 26 heavy (non-hydrogen) atoms. The Morgan fingerprint density at radius 2 is 1.81 bits per heavy atom. The molecular formula is C17H18N2O5S2. The molecule has 0 aliphatic carbocycles. The maximum atomic E-state index is 12.5. The van der Waals surface area contributed by atoms with E-state index in [-0.39, 0.29) is 22.1 Å². The number of sulfonamides is 2. The van der Waals surface area contributed by atoms with Crippen molar-refractivity contribution < 1.29 is 21.6 Å². The lowest BCUT2D eigenvalue weighted by Crippen LogP contribution is -2.25. The lowest BCUT2D eigenvalue weighted by atomic mass is 10.2. The van der Waals surface area contributed by atoms with Gasteiger partial charge in [0.15, 0.2) is 5.78 Å². The lowest BCUT2D eigenvalue weighted by Gasteiger charge is -2.18. The van der Waals surface area contributed by atoms with Gasteiger partial charge in [-0.15, -0.1) is 0 Å². The SMILES string of the molecule is CC(=O)c1ccc(S(=O)(=O)Nc2cccc(N3CCCS3(=O)=O)c2)cc1. The van der Waals surface area contributed by atoms with Gasteiger partial charge in [-0.25, -0.2) is 16.8 Å². The Morgan fingerprint density at radius 1 is 1.12 bits per heavy atom. The maximum absolute atomic E-state index is 12.5. The predicted molar refractivity (Wildman–Crippen MR) is 99.4 cm³/mol. The molecule has 1 aliphatic rings. The van der Waals surface area contributed by atoms with E-state index in [1.807, 2.05) is 0 Å². The number of ketones is 1. The molecule has 1 aliphatic heterocycles. The van der Waals surface area contributed by atoms with Crippen LogP contribution in [0.4, 0.5) is 11.4 Å². The molecule has 0 spiro atoms. The quantitative estimate of drug-likeness (QED) is 0.784. The topological polar surface area (TPSA) is 101 Å². The molecule has 1 N–H and O–H groups in total. The number of nitrogens with zero attached hydrogens (tertiary/aromatic N) is 1. The molecule has 0 unspecified atom stereocenters. The van der Waals surface area contributed by atoms with Crippen molar-refractivity contribution in [2.45, 2.75) is 18.2 Å². The zero-order valence-corrected chi connectivity index (χ0v) is 15.7. The van der Waals surface area contributed by atoms with Crippen molar-refractivity contribution in [3.8, 4) is 0 Å². The number of anilines is 2. The van der Waals surface area contributed by atoms with E-state index in [1.54, 1.807) is 18.2 Å². The van der Waals surface area contributed by atoms with E-state index in [0.717, 1.165) is 0 Å². The Hall–Kier alpha value is -2.39. The summed E-state index contributed by atoms with van der Waals surface area (Å²) in [5.74, 6) is -0.0627. The van der Waals surface area contributed by atoms with Crippen molar-refractivity contribution in [3.05, 3.63) is 54.1 Å². The highest BCUT2D eigenvalue weighted by molar-refractivity contribution is 7.93. The van der Waals surface area contributed by atoms with Crippen molar-refractivity contribution in [3.63, 3.8) is 0 Å². The van der Waals surface area contributed by atoms with Crippen molar-refractivity contribution in [1.82, 2.24) is 0 Å². The Balaban J connectivity index is 1.86. The first kappa shape index (κ1) is 18.4. The number of hydrogen-bond acceptors (Lipinski definition) is 5. The molecule has 0 saturated carbocycles. The van der Waals surface area contributed by atoms with Crippen LogP contribution in [-0.2, 0) is 20.0 Å². The van der Waals surface area contributed by atoms with Crippen LogP contribution in [0.3, 0.4) is 0 Å². The van der Waals surface area contributed by atoms with Crippen molar-refractivity contribution in [2.24, 2.45) is 0 Å². The van der Waals surface area contributed by atoms with E-state index in [2.05, 4.69) is 4.72 Å². The number of rotatable bonds is 5. The van der Waals surface area contributed by atoms with Gasteiger partial charge in [-0.05, 0) is 43.7 Å². The summed E-state index contributed by atoms with van der Waals surface area (Å²) in [6.45, 7) is 1.78. The van der Waals surface area contributed by atoms with Crippen molar-refractivity contribution >= 4 is 37.2 Å². The first-order valence-corrected chi connectivity index (χ1v) is 11.0. The minimum absolute atomic E-state index is 0.0155. The molecule has 1 saturated heterocycles. The summed E-state index contributed by atoms with van der Waals surface area (Å²) < 4.78 is 52.8. The summed E-state index contributed by atoms with van der Waals surface area (Å²) >= 11 is 0. The molecule has 2 aromatic carbocycles. The van der Waals surface area contributed by atoms with Gasteiger partial charge in [0, 0.05) is 12.1 Å². The molecule has 0 radical (unpaired) electrons. The third-order valence-corrected chi connectivity index (χ3v) is 7.32. The Morgan fingerprint density at radius 3 is 2.38 bits per heavy atom. The van der Waals surface area contributed by atoms with Crippen molar-refractivity contribution in [2.75, 3.05) is 21.3 Å². The van der Waals surface area contributed by atoms with Crippen LogP contribution in [0.1, 0.15) is 23.7 Å². The average molecular weight is 394 g/mol. The van der Waals surface area contributed by atoms with E-state index >= 15 is 0 Å². The van der Waals surface area contributed by atoms with Gasteiger partial charge in [-0.2, -0.15) is 0 Å². The zero-order valence-electron chi connectivity index (χ0n) is 14.0. The van der Waals surface area contributed by atoms with E-state index in [9.17, 15) is 21.6 Å². The molecule has 9 heteroatoms. The van der Waals surface area contributed by atoms with Gasteiger partial charge in [0.05, 0.1) is 22.0 Å². The summed E-state index contributed by atoms with van der Waals surface area (Å²) in [6, 6.07) is 11.9. The average Bonchev–Trinajstić information content (AvgIpc) is 2.94. The number of carbonyl (C=O) groups is 1. The summed E-state index contributed by atoms with van der Waals surface area (Å²) in [6.07, 6.45) is 0.542. The van der Waals surface area contributed by atoms with Crippen LogP contribution in [0.2, 0.25) is 0 Å². The molecule has 138 valence electrons. The number of hydrogen-bond donors (Lipinski definition) is 1. The molecule has 0 bridgehead atoms. The van der Waals surface area contributed by atoms with Crippen LogP contribution in [0, 0.1) is 0 Å². The minimum Gasteiger partial charge on any atom is -0.295 e. The first-order chi connectivity index (χ1) is 12.2. The summed E-state index contributed by atoms with van der Waals surface area (Å²) in [5, 5.41) is 0. The largest absolute Gasteiger partial charge is 0.295 e. The maximum Gasteiger partial charge on any atom is 0.261 e. The smallest absolute Gasteiger partial charge is 0.261 e. The fourth-order valence-electron chi connectivity index (χ4n) is 2.74. The molecule has 0 atom stereocenters. The molecular weight excluding hydrogens is 376 g/mol. The van der Waals surface area contributed by atoms with Crippen LogP contribution in [-0.4, -0.2) is 34.9 Å².